The Morgan fingerprint density at radius 2 is 1.93 bits per heavy atom. The first-order valence-corrected chi connectivity index (χ1v) is 10.3. The fraction of sp³-hybridized carbons (Fsp3) is 0.857. The van der Waals surface area contributed by atoms with Crippen molar-refractivity contribution in [1.82, 2.24) is 0 Å². The molecule has 0 aromatic heterocycles. The smallest absolute Gasteiger partial charge is 0.201 e. The Balaban J connectivity index is 1.73. The predicted molar refractivity (Wildman–Crippen MR) is 101 cm³/mol. The quantitative estimate of drug-likeness (QED) is 0.318. The van der Waals surface area contributed by atoms with Gasteiger partial charge in [0.2, 0.25) is 5.79 Å². The number of hydrogen-bond donors (Lipinski definition) is 0. The van der Waals surface area contributed by atoms with Crippen molar-refractivity contribution in [1.29, 1.82) is 0 Å². The molecule has 0 radical (unpaired) electrons. The van der Waals surface area contributed by atoms with Gasteiger partial charge in [0, 0.05) is 25.2 Å². The van der Waals surface area contributed by atoms with E-state index in [9.17, 15) is 0 Å². The van der Waals surface area contributed by atoms with Gasteiger partial charge in [-0.1, -0.05) is 26.5 Å². The van der Waals surface area contributed by atoms with Crippen molar-refractivity contribution < 1.29 is 24.0 Å². The lowest BCUT2D eigenvalue weighted by Crippen LogP contribution is -2.72. The van der Waals surface area contributed by atoms with E-state index in [1.54, 1.807) is 6.08 Å². The summed E-state index contributed by atoms with van der Waals surface area (Å²) in [5.41, 5.74) is -1.29. The van der Waals surface area contributed by atoms with Crippen molar-refractivity contribution in [3.63, 3.8) is 0 Å². The Labute approximate surface area is 162 Å². The fourth-order valence-corrected chi connectivity index (χ4v) is 5.74. The molecule has 5 rings (SSSR count). The Hall–Kier alpha value is -0.950. The number of aliphatic imine (C=N–C) groups is 1. The molecule has 5 fully saturated rings. The Morgan fingerprint density at radius 1 is 1.15 bits per heavy atom. The van der Waals surface area contributed by atoms with Gasteiger partial charge < -0.3 is 14.2 Å². The minimum Gasteiger partial charge on any atom is -0.477 e. The summed E-state index contributed by atoms with van der Waals surface area (Å²) >= 11 is 0. The third-order valence-electron chi connectivity index (χ3n) is 7.36. The average molecular weight is 379 g/mol. The largest absolute Gasteiger partial charge is 0.477 e. The molecule has 0 aromatic carbocycles. The summed E-state index contributed by atoms with van der Waals surface area (Å²) < 4.78 is 18.6. The van der Waals surface area contributed by atoms with Crippen molar-refractivity contribution in [2.24, 2.45) is 28.7 Å². The van der Waals surface area contributed by atoms with Crippen molar-refractivity contribution in [3.8, 4) is 0 Å². The molecule has 1 aliphatic carbocycles. The maximum Gasteiger partial charge on any atom is 0.201 e. The maximum absolute atomic E-state index is 6.57. The lowest BCUT2D eigenvalue weighted by atomic mass is 9.57. The molecule has 6 heteroatoms. The van der Waals surface area contributed by atoms with Crippen LogP contribution < -0.4 is 0 Å². The molecule has 6 nitrogen and oxygen atoms in total. The minimum absolute atomic E-state index is 0.140. The van der Waals surface area contributed by atoms with Gasteiger partial charge in [0.1, 0.15) is 6.61 Å². The third kappa shape index (κ3) is 2.87. The van der Waals surface area contributed by atoms with Gasteiger partial charge in [-0.15, -0.1) is 0 Å². The normalized spacial score (nSPS) is 52.0. The molecule has 0 amide bonds. The van der Waals surface area contributed by atoms with Gasteiger partial charge in [0.25, 0.3) is 0 Å². The van der Waals surface area contributed by atoms with E-state index in [1.165, 1.54) is 6.42 Å². The van der Waals surface area contributed by atoms with Gasteiger partial charge >= 0.3 is 0 Å². The van der Waals surface area contributed by atoms with Crippen molar-refractivity contribution in [2.75, 3.05) is 6.61 Å². The van der Waals surface area contributed by atoms with E-state index < -0.39 is 23.4 Å². The van der Waals surface area contributed by atoms with Crippen LogP contribution in [0.4, 0.5) is 0 Å². The summed E-state index contributed by atoms with van der Waals surface area (Å²) in [7, 11) is 0. The van der Waals surface area contributed by atoms with Crippen LogP contribution in [0, 0.1) is 23.7 Å². The number of nitrogens with zero attached hydrogens (tertiary/aromatic N) is 1. The molecule has 1 spiro atoms. The summed E-state index contributed by atoms with van der Waals surface area (Å²) in [5.74, 6) is 1.14. The molecule has 27 heavy (non-hydrogen) atoms. The molecule has 0 N–H and O–H groups in total. The molecule has 8 atom stereocenters. The molecule has 152 valence electrons. The van der Waals surface area contributed by atoms with Gasteiger partial charge in [-0.2, -0.15) is 0 Å². The zero-order valence-electron chi connectivity index (χ0n) is 17.2. The van der Waals surface area contributed by atoms with E-state index in [0.717, 1.165) is 19.3 Å². The van der Waals surface area contributed by atoms with Crippen molar-refractivity contribution >= 4 is 5.90 Å². The number of rotatable bonds is 3. The number of hydrogen-bond acceptors (Lipinski definition) is 6. The average Bonchev–Trinajstić information content (AvgIpc) is 2.84. The Kier molecular flexibility index (Phi) is 4.70. The number of ether oxygens (including phenoxy) is 3. The molecule has 4 saturated heterocycles. The molecular weight excluding hydrogens is 346 g/mol. The van der Waals surface area contributed by atoms with Gasteiger partial charge in [0.15, 0.2) is 23.5 Å². The Bertz CT molecular complexity index is 638. The van der Waals surface area contributed by atoms with Crippen molar-refractivity contribution in [2.45, 2.75) is 83.7 Å². The highest BCUT2D eigenvalue weighted by Crippen LogP contribution is 2.62. The SMILES string of the molecule is C=CCOC(C)=N[C@@]1(C)O[C@@H]2O[C@]3(C)CCC4[C@H](C)CC[C@@H]([C@H]1C)[C@]42OO3. The van der Waals surface area contributed by atoms with Gasteiger partial charge in [0.05, 0.1) is 0 Å². The van der Waals surface area contributed by atoms with Crippen LogP contribution >= 0.6 is 0 Å². The molecule has 0 aromatic rings. The monoisotopic (exact) mass is 379 g/mol. The van der Waals surface area contributed by atoms with Crippen LogP contribution in [-0.2, 0) is 24.0 Å². The molecule has 5 aliphatic rings. The van der Waals surface area contributed by atoms with Gasteiger partial charge in [-0.05, 0) is 44.9 Å². The topological polar surface area (TPSA) is 58.5 Å². The van der Waals surface area contributed by atoms with Crippen LogP contribution in [0.25, 0.3) is 0 Å². The zero-order chi connectivity index (χ0) is 19.4. The minimum atomic E-state index is -0.767. The van der Waals surface area contributed by atoms with Gasteiger partial charge in [-0.3, -0.25) is 0 Å². The maximum atomic E-state index is 6.57. The highest BCUT2D eigenvalue weighted by molar-refractivity contribution is 5.73. The summed E-state index contributed by atoms with van der Waals surface area (Å²) in [4.78, 5) is 16.9. The lowest BCUT2D eigenvalue weighted by molar-refractivity contribution is -0.575. The lowest BCUT2D eigenvalue weighted by Gasteiger charge is -2.62. The Morgan fingerprint density at radius 3 is 2.67 bits per heavy atom. The van der Waals surface area contributed by atoms with E-state index in [4.69, 9.17) is 29.0 Å². The zero-order valence-corrected chi connectivity index (χ0v) is 17.2. The van der Waals surface area contributed by atoms with Crippen LogP contribution in [0.2, 0.25) is 0 Å². The first kappa shape index (κ1) is 19.4. The van der Waals surface area contributed by atoms with E-state index in [2.05, 4.69) is 20.4 Å². The first-order valence-electron chi connectivity index (χ1n) is 10.3. The number of fused-ring (bicyclic) bond motifs is 2. The van der Waals surface area contributed by atoms with E-state index in [1.807, 2.05) is 20.8 Å². The van der Waals surface area contributed by atoms with Crippen LogP contribution in [0.5, 0.6) is 0 Å². The predicted octanol–water partition coefficient (Wildman–Crippen LogP) is 4.21. The third-order valence-corrected chi connectivity index (χ3v) is 7.36. The van der Waals surface area contributed by atoms with E-state index in [-0.39, 0.29) is 11.8 Å². The van der Waals surface area contributed by atoms with Crippen LogP contribution in [-0.4, -0.2) is 35.9 Å². The van der Waals surface area contributed by atoms with Crippen molar-refractivity contribution in [3.05, 3.63) is 12.7 Å². The molecular formula is C21H33NO5. The van der Waals surface area contributed by atoms with E-state index >= 15 is 0 Å². The molecule has 4 heterocycles. The van der Waals surface area contributed by atoms with Crippen LogP contribution in [0.15, 0.2) is 17.6 Å². The second-order valence-corrected chi connectivity index (χ2v) is 9.10. The van der Waals surface area contributed by atoms with Gasteiger partial charge in [-0.25, -0.2) is 14.8 Å². The summed E-state index contributed by atoms with van der Waals surface area (Å²) in [6, 6.07) is 0. The molecule has 2 bridgehead atoms. The highest BCUT2D eigenvalue weighted by Gasteiger charge is 2.71. The second kappa shape index (κ2) is 6.55. The van der Waals surface area contributed by atoms with E-state index in [0.29, 0.717) is 24.3 Å². The molecule has 1 unspecified atom stereocenters. The molecule has 4 aliphatic heterocycles. The first-order chi connectivity index (χ1) is 12.7. The van der Waals surface area contributed by atoms with Crippen LogP contribution in [0.1, 0.15) is 60.3 Å². The fourth-order valence-electron chi connectivity index (χ4n) is 5.74. The second-order valence-electron chi connectivity index (χ2n) is 9.10. The molecule has 1 saturated carbocycles. The van der Waals surface area contributed by atoms with Crippen LogP contribution in [0.3, 0.4) is 0 Å². The highest BCUT2D eigenvalue weighted by atomic mass is 17.3. The summed E-state index contributed by atoms with van der Waals surface area (Å²) in [6.07, 6.45) is 5.30. The summed E-state index contributed by atoms with van der Waals surface area (Å²) in [5, 5.41) is 0. The standard InChI is InChI=1S/C21H33NO5/c1-7-12-23-15(4)22-20(6)14(3)17-9-8-13(2)16-10-11-19(5)24-18(25-20)21(16,17)27-26-19/h7,13-14,16-18H,1,8-12H2,2-6H3/t13-,14-,16?,17+,18+,19+,20+,21-/m1/s1. The summed E-state index contributed by atoms with van der Waals surface area (Å²) in [6.45, 7) is 14.5.